The number of amides is 2. The van der Waals surface area contributed by atoms with Gasteiger partial charge in [-0.25, -0.2) is 4.79 Å². The van der Waals surface area contributed by atoms with Crippen LogP contribution in [0.5, 0.6) is 0 Å². The maximum absolute atomic E-state index is 11.8. The van der Waals surface area contributed by atoms with E-state index < -0.39 is 11.0 Å². The molecule has 102 valence electrons. The number of thiol groups is 1. The van der Waals surface area contributed by atoms with Crippen molar-refractivity contribution in [1.29, 1.82) is 0 Å². The number of nitrogens with one attached hydrogen (secondary N) is 2. The monoisotopic (exact) mass is 289 g/mol. The summed E-state index contributed by atoms with van der Waals surface area (Å²) in [6.07, 6.45) is 0. The predicted molar refractivity (Wildman–Crippen MR) is 79.4 cm³/mol. The van der Waals surface area contributed by atoms with E-state index in [1.165, 1.54) is 24.3 Å². The third kappa shape index (κ3) is 3.48. The highest BCUT2D eigenvalue weighted by Crippen LogP contribution is 2.19. The van der Waals surface area contributed by atoms with Gasteiger partial charge in [-0.05, 0) is 24.3 Å². The second kappa shape index (κ2) is 6.07. The molecule has 0 spiro atoms. The Labute approximate surface area is 120 Å². The molecule has 7 heteroatoms. The molecule has 0 bridgehead atoms. The minimum atomic E-state index is -0.499. The van der Waals surface area contributed by atoms with Gasteiger partial charge in [-0.3, -0.25) is 10.1 Å². The fraction of sp³-hybridized carbons (Fsp3) is 0. The molecular formula is C13H11N3O3S. The summed E-state index contributed by atoms with van der Waals surface area (Å²) in [7, 11) is 0. The average molecular weight is 289 g/mol. The molecule has 2 aromatic rings. The van der Waals surface area contributed by atoms with Crippen molar-refractivity contribution in [2.75, 3.05) is 10.6 Å². The zero-order valence-electron chi connectivity index (χ0n) is 10.2. The number of carbonyl (C=O) groups is 1. The summed E-state index contributed by atoms with van der Waals surface area (Å²) in [5.74, 6) is 0. The van der Waals surface area contributed by atoms with Crippen LogP contribution in [0.1, 0.15) is 0 Å². The van der Waals surface area contributed by atoms with Gasteiger partial charge in [-0.1, -0.05) is 12.1 Å². The first kappa shape index (κ1) is 13.9. The van der Waals surface area contributed by atoms with Gasteiger partial charge in [0.1, 0.15) is 0 Å². The SMILES string of the molecule is O=C(Nc1ccc([N+](=O)[O-])cc1)Nc1ccccc1S. The molecule has 20 heavy (non-hydrogen) atoms. The Morgan fingerprint density at radius 3 is 2.30 bits per heavy atom. The number of hydrogen-bond acceptors (Lipinski definition) is 4. The van der Waals surface area contributed by atoms with Crippen LogP contribution in [0.2, 0.25) is 0 Å². The van der Waals surface area contributed by atoms with Crippen LogP contribution in [0.25, 0.3) is 0 Å². The van der Waals surface area contributed by atoms with Gasteiger partial charge in [0.25, 0.3) is 5.69 Å². The summed E-state index contributed by atoms with van der Waals surface area (Å²) in [6.45, 7) is 0. The Balaban J connectivity index is 2.01. The highest BCUT2D eigenvalue weighted by molar-refractivity contribution is 7.80. The van der Waals surface area contributed by atoms with Gasteiger partial charge in [0, 0.05) is 22.7 Å². The van der Waals surface area contributed by atoms with Gasteiger partial charge >= 0.3 is 6.03 Å². The maximum atomic E-state index is 11.8. The molecule has 0 atom stereocenters. The topological polar surface area (TPSA) is 84.3 Å². The number of carbonyl (C=O) groups excluding carboxylic acids is 1. The van der Waals surface area contributed by atoms with Crippen molar-refractivity contribution >= 4 is 35.7 Å². The Morgan fingerprint density at radius 2 is 1.70 bits per heavy atom. The van der Waals surface area contributed by atoms with Gasteiger partial charge in [0.15, 0.2) is 0 Å². The lowest BCUT2D eigenvalue weighted by molar-refractivity contribution is -0.384. The fourth-order valence-corrected chi connectivity index (χ4v) is 1.75. The van der Waals surface area contributed by atoms with E-state index in [4.69, 9.17) is 0 Å². The number of rotatable bonds is 3. The Hall–Kier alpha value is -2.54. The molecule has 0 saturated heterocycles. The minimum Gasteiger partial charge on any atom is -0.308 e. The van der Waals surface area contributed by atoms with E-state index in [9.17, 15) is 14.9 Å². The van der Waals surface area contributed by atoms with Crippen molar-refractivity contribution in [2.45, 2.75) is 4.90 Å². The summed E-state index contributed by atoms with van der Waals surface area (Å²) < 4.78 is 0. The standard InChI is InChI=1S/C13H11N3O3S/c17-13(15-11-3-1-2-4-12(11)20)14-9-5-7-10(8-6-9)16(18)19/h1-8,20H,(H2,14,15,17). The molecule has 0 radical (unpaired) electrons. The van der Waals surface area contributed by atoms with E-state index >= 15 is 0 Å². The van der Waals surface area contributed by atoms with Crippen molar-refractivity contribution in [3.63, 3.8) is 0 Å². The van der Waals surface area contributed by atoms with Gasteiger partial charge in [0.05, 0.1) is 10.6 Å². The summed E-state index contributed by atoms with van der Waals surface area (Å²) in [5.41, 5.74) is 1.01. The van der Waals surface area contributed by atoms with Crippen LogP contribution in [0.15, 0.2) is 53.4 Å². The normalized spacial score (nSPS) is 9.85. The van der Waals surface area contributed by atoms with Crippen LogP contribution in [-0.4, -0.2) is 11.0 Å². The zero-order chi connectivity index (χ0) is 14.5. The number of para-hydroxylation sites is 1. The summed E-state index contributed by atoms with van der Waals surface area (Å²) in [6, 6.07) is 12.2. The van der Waals surface area contributed by atoms with Gasteiger partial charge in [-0.2, -0.15) is 0 Å². The van der Waals surface area contributed by atoms with E-state index in [1.54, 1.807) is 18.2 Å². The van der Waals surface area contributed by atoms with Crippen molar-refractivity contribution in [2.24, 2.45) is 0 Å². The Bertz CT molecular complexity index is 644. The fourth-order valence-electron chi connectivity index (χ4n) is 1.53. The van der Waals surface area contributed by atoms with Crippen LogP contribution >= 0.6 is 12.6 Å². The second-order valence-electron chi connectivity index (χ2n) is 3.90. The molecule has 0 saturated carbocycles. The van der Waals surface area contributed by atoms with Gasteiger partial charge in [-0.15, -0.1) is 12.6 Å². The molecule has 2 rings (SSSR count). The molecule has 0 fully saturated rings. The first-order valence-corrected chi connectivity index (χ1v) is 6.11. The van der Waals surface area contributed by atoms with E-state index in [0.29, 0.717) is 16.3 Å². The second-order valence-corrected chi connectivity index (χ2v) is 4.38. The quantitative estimate of drug-likeness (QED) is 0.459. The lowest BCUT2D eigenvalue weighted by atomic mass is 10.3. The number of benzene rings is 2. The molecule has 0 aliphatic rings. The van der Waals surface area contributed by atoms with E-state index in [0.717, 1.165) is 0 Å². The molecule has 6 nitrogen and oxygen atoms in total. The Morgan fingerprint density at radius 1 is 1.05 bits per heavy atom. The first-order valence-electron chi connectivity index (χ1n) is 5.67. The molecule has 0 aliphatic heterocycles. The van der Waals surface area contributed by atoms with Crippen molar-refractivity contribution in [3.05, 3.63) is 58.6 Å². The molecule has 2 amide bonds. The molecule has 0 aliphatic carbocycles. The lowest BCUT2D eigenvalue weighted by Gasteiger charge is -2.09. The van der Waals surface area contributed by atoms with Crippen LogP contribution < -0.4 is 10.6 Å². The number of urea groups is 1. The first-order chi connectivity index (χ1) is 9.56. The van der Waals surface area contributed by atoms with Crippen LogP contribution in [-0.2, 0) is 0 Å². The summed E-state index contributed by atoms with van der Waals surface area (Å²) in [4.78, 5) is 22.4. The number of nitro groups is 1. The number of non-ortho nitro benzene ring substituents is 1. The molecule has 2 N–H and O–H groups in total. The number of nitro benzene ring substituents is 1. The summed E-state index contributed by atoms with van der Waals surface area (Å²) >= 11 is 4.22. The van der Waals surface area contributed by atoms with Crippen LogP contribution in [0, 0.1) is 10.1 Å². The maximum Gasteiger partial charge on any atom is 0.323 e. The van der Waals surface area contributed by atoms with Gasteiger partial charge < -0.3 is 10.6 Å². The lowest BCUT2D eigenvalue weighted by Crippen LogP contribution is -2.19. The molecular weight excluding hydrogens is 278 g/mol. The molecule has 0 heterocycles. The third-order valence-corrected chi connectivity index (χ3v) is 2.88. The average Bonchev–Trinajstić information content (AvgIpc) is 2.42. The molecule has 0 aromatic heterocycles. The minimum absolute atomic E-state index is 0.0309. The van der Waals surface area contributed by atoms with Crippen LogP contribution in [0.4, 0.5) is 21.9 Å². The van der Waals surface area contributed by atoms with Crippen molar-refractivity contribution in [1.82, 2.24) is 0 Å². The van der Waals surface area contributed by atoms with Crippen molar-refractivity contribution in [3.8, 4) is 0 Å². The smallest absolute Gasteiger partial charge is 0.308 e. The number of anilines is 2. The highest BCUT2D eigenvalue weighted by Gasteiger charge is 2.07. The molecule has 2 aromatic carbocycles. The predicted octanol–water partition coefficient (Wildman–Crippen LogP) is 3.53. The summed E-state index contributed by atoms with van der Waals surface area (Å²) in [5, 5.41) is 15.7. The van der Waals surface area contributed by atoms with E-state index in [1.807, 2.05) is 6.07 Å². The Kier molecular flexibility index (Phi) is 4.21. The van der Waals surface area contributed by atoms with Crippen molar-refractivity contribution < 1.29 is 9.72 Å². The van der Waals surface area contributed by atoms with Crippen LogP contribution in [0.3, 0.4) is 0 Å². The van der Waals surface area contributed by atoms with Gasteiger partial charge in [0.2, 0.25) is 0 Å². The largest absolute Gasteiger partial charge is 0.323 e. The third-order valence-electron chi connectivity index (χ3n) is 2.49. The van der Waals surface area contributed by atoms with E-state index in [-0.39, 0.29) is 5.69 Å². The highest BCUT2D eigenvalue weighted by atomic mass is 32.1. The number of hydrogen-bond donors (Lipinski definition) is 3. The van der Waals surface area contributed by atoms with E-state index in [2.05, 4.69) is 23.3 Å². The number of nitrogens with zero attached hydrogens (tertiary/aromatic N) is 1. The molecule has 0 unspecified atom stereocenters. The zero-order valence-corrected chi connectivity index (χ0v) is 11.1.